The molecule has 0 saturated heterocycles. The summed E-state index contributed by atoms with van der Waals surface area (Å²) in [4.78, 5) is 11.4. The number of carbonyl (C=O) groups is 1. The first-order valence-corrected chi connectivity index (χ1v) is 6.24. The van der Waals surface area contributed by atoms with Crippen molar-refractivity contribution in [1.82, 2.24) is 5.32 Å². The zero-order valence-corrected chi connectivity index (χ0v) is 9.80. The highest BCUT2D eigenvalue weighted by Gasteiger charge is 2.17. The van der Waals surface area contributed by atoms with Crippen LogP contribution in [0, 0.1) is 5.92 Å². The van der Waals surface area contributed by atoms with Gasteiger partial charge in [0.25, 0.3) is 0 Å². The highest BCUT2D eigenvalue weighted by atomic mass is 16.1. The molecule has 0 spiro atoms. The maximum Gasteiger partial charge on any atom is 0.221 e. The monoisotopic (exact) mass is 212 g/mol. The molecule has 88 valence electrons. The predicted molar refractivity (Wildman–Crippen MR) is 62.5 cm³/mol. The smallest absolute Gasteiger partial charge is 0.221 e. The predicted octanol–water partition coefficient (Wildman–Crippen LogP) is 1.81. The Balaban J connectivity index is 1.97. The molecule has 3 nitrogen and oxygen atoms in total. The third-order valence-corrected chi connectivity index (χ3v) is 3.21. The summed E-state index contributed by atoms with van der Waals surface area (Å²) < 4.78 is 0. The van der Waals surface area contributed by atoms with Crippen molar-refractivity contribution in [2.75, 3.05) is 6.54 Å². The Labute approximate surface area is 92.8 Å². The van der Waals surface area contributed by atoms with Crippen molar-refractivity contribution in [3.63, 3.8) is 0 Å². The molecule has 1 unspecified atom stereocenters. The largest absolute Gasteiger partial charge is 0.356 e. The third kappa shape index (κ3) is 5.17. The maximum absolute atomic E-state index is 11.4. The van der Waals surface area contributed by atoms with E-state index < -0.39 is 0 Å². The van der Waals surface area contributed by atoms with Crippen molar-refractivity contribution in [3.8, 4) is 0 Å². The fourth-order valence-electron chi connectivity index (χ4n) is 1.98. The molecule has 1 saturated carbocycles. The van der Waals surface area contributed by atoms with E-state index in [4.69, 9.17) is 5.73 Å². The van der Waals surface area contributed by atoms with Gasteiger partial charge in [0.15, 0.2) is 0 Å². The lowest BCUT2D eigenvalue weighted by Gasteiger charge is -2.25. The molecule has 0 bridgehead atoms. The van der Waals surface area contributed by atoms with Crippen LogP contribution in [0.2, 0.25) is 0 Å². The molecule has 1 atom stereocenters. The first-order chi connectivity index (χ1) is 7.22. The molecule has 3 N–H and O–H groups in total. The van der Waals surface area contributed by atoms with Crippen LogP contribution >= 0.6 is 0 Å². The Bertz CT molecular complexity index is 190. The minimum Gasteiger partial charge on any atom is -0.356 e. The number of hydrogen-bond donors (Lipinski definition) is 2. The van der Waals surface area contributed by atoms with Crippen LogP contribution in [-0.4, -0.2) is 18.5 Å². The molecule has 3 heteroatoms. The van der Waals surface area contributed by atoms with E-state index in [0.29, 0.717) is 6.42 Å². The highest BCUT2D eigenvalue weighted by molar-refractivity contribution is 5.76. The summed E-state index contributed by atoms with van der Waals surface area (Å²) >= 11 is 0. The number of hydrogen-bond acceptors (Lipinski definition) is 2. The second kappa shape index (κ2) is 6.83. The number of carbonyl (C=O) groups excluding carboxylic acids is 1. The van der Waals surface area contributed by atoms with Crippen molar-refractivity contribution in [1.29, 1.82) is 0 Å². The zero-order valence-electron chi connectivity index (χ0n) is 9.80. The standard InChI is InChI=1S/C12H24N2O/c1-2-4-11(13)9-12(15)14-8-7-10-5-3-6-10/h10-11H,2-9,13H2,1H3,(H,14,15). The SMILES string of the molecule is CCCC(N)CC(=O)NCCC1CCC1. The van der Waals surface area contributed by atoms with Gasteiger partial charge >= 0.3 is 0 Å². The van der Waals surface area contributed by atoms with Gasteiger partial charge in [-0.3, -0.25) is 4.79 Å². The van der Waals surface area contributed by atoms with Gasteiger partial charge in [-0.05, 0) is 18.8 Å². The topological polar surface area (TPSA) is 55.1 Å². The molecular formula is C12H24N2O. The lowest BCUT2D eigenvalue weighted by Crippen LogP contribution is -2.33. The molecule has 0 heterocycles. The van der Waals surface area contributed by atoms with E-state index in [1.807, 2.05) is 0 Å². The van der Waals surface area contributed by atoms with Gasteiger partial charge in [-0.1, -0.05) is 32.6 Å². The van der Waals surface area contributed by atoms with Gasteiger partial charge in [-0.15, -0.1) is 0 Å². The molecule has 15 heavy (non-hydrogen) atoms. The molecule has 1 amide bonds. The second-order valence-electron chi connectivity index (χ2n) is 4.69. The Hall–Kier alpha value is -0.570. The van der Waals surface area contributed by atoms with Gasteiger partial charge in [0.2, 0.25) is 5.91 Å². The van der Waals surface area contributed by atoms with Gasteiger partial charge in [0, 0.05) is 19.0 Å². The number of nitrogens with one attached hydrogen (secondary N) is 1. The summed E-state index contributed by atoms with van der Waals surface area (Å²) in [6.07, 6.45) is 7.70. The summed E-state index contributed by atoms with van der Waals surface area (Å²) in [5.41, 5.74) is 5.79. The summed E-state index contributed by atoms with van der Waals surface area (Å²) in [6, 6.07) is 0.0405. The van der Waals surface area contributed by atoms with Crippen LogP contribution in [0.1, 0.15) is 51.9 Å². The van der Waals surface area contributed by atoms with Crippen LogP contribution in [0.5, 0.6) is 0 Å². The number of nitrogens with two attached hydrogens (primary N) is 1. The van der Waals surface area contributed by atoms with E-state index in [-0.39, 0.29) is 11.9 Å². The average Bonchev–Trinajstić information content (AvgIpc) is 2.09. The lowest BCUT2D eigenvalue weighted by atomic mass is 9.83. The van der Waals surface area contributed by atoms with Crippen LogP contribution in [0.3, 0.4) is 0 Å². The van der Waals surface area contributed by atoms with E-state index in [1.54, 1.807) is 0 Å². The quantitative estimate of drug-likeness (QED) is 0.676. The van der Waals surface area contributed by atoms with Crippen LogP contribution in [0.25, 0.3) is 0 Å². The Kier molecular flexibility index (Phi) is 5.69. The van der Waals surface area contributed by atoms with Gasteiger partial charge < -0.3 is 11.1 Å². The van der Waals surface area contributed by atoms with Crippen LogP contribution in [-0.2, 0) is 4.79 Å². The van der Waals surface area contributed by atoms with Crippen molar-refractivity contribution in [2.45, 2.75) is 57.9 Å². The summed E-state index contributed by atoms with van der Waals surface area (Å²) in [7, 11) is 0. The van der Waals surface area contributed by atoms with Crippen LogP contribution < -0.4 is 11.1 Å². The van der Waals surface area contributed by atoms with Gasteiger partial charge in [-0.2, -0.15) is 0 Å². The number of rotatable bonds is 7. The average molecular weight is 212 g/mol. The number of amides is 1. The highest BCUT2D eigenvalue weighted by Crippen LogP contribution is 2.28. The van der Waals surface area contributed by atoms with Crippen LogP contribution in [0.4, 0.5) is 0 Å². The molecule has 1 aliphatic carbocycles. The van der Waals surface area contributed by atoms with Gasteiger partial charge in [0.1, 0.15) is 0 Å². The molecule has 1 fully saturated rings. The van der Waals surface area contributed by atoms with E-state index in [1.165, 1.54) is 19.3 Å². The Morgan fingerprint density at radius 2 is 2.27 bits per heavy atom. The molecule has 0 radical (unpaired) electrons. The lowest BCUT2D eigenvalue weighted by molar-refractivity contribution is -0.121. The molecule has 1 rings (SSSR count). The molecule has 0 aromatic rings. The van der Waals surface area contributed by atoms with E-state index >= 15 is 0 Å². The van der Waals surface area contributed by atoms with Crippen molar-refractivity contribution < 1.29 is 4.79 Å². The first kappa shape index (κ1) is 12.5. The van der Waals surface area contributed by atoms with E-state index in [9.17, 15) is 4.79 Å². The minimum atomic E-state index is 0.0405. The molecular weight excluding hydrogens is 188 g/mol. The van der Waals surface area contributed by atoms with Crippen molar-refractivity contribution >= 4 is 5.91 Å². The summed E-state index contributed by atoms with van der Waals surface area (Å²) in [6.45, 7) is 2.93. The molecule has 0 aromatic heterocycles. The summed E-state index contributed by atoms with van der Waals surface area (Å²) in [5, 5.41) is 2.95. The maximum atomic E-state index is 11.4. The fraction of sp³-hybridized carbons (Fsp3) is 0.917. The Morgan fingerprint density at radius 1 is 1.53 bits per heavy atom. The fourth-order valence-corrected chi connectivity index (χ4v) is 1.98. The van der Waals surface area contributed by atoms with Gasteiger partial charge in [0.05, 0.1) is 0 Å². The normalized spacial score (nSPS) is 18.3. The van der Waals surface area contributed by atoms with Crippen LogP contribution in [0.15, 0.2) is 0 Å². The molecule has 1 aliphatic rings. The van der Waals surface area contributed by atoms with Crippen molar-refractivity contribution in [3.05, 3.63) is 0 Å². The Morgan fingerprint density at radius 3 is 2.80 bits per heavy atom. The van der Waals surface area contributed by atoms with E-state index in [2.05, 4.69) is 12.2 Å². The summed E-state index contributed by atoms with van der Waals surface area (Å²) in [5.74, 6) is 0.991. The van der Waals surface area contributed by atoms with Crippen molar-refractivity contribution in [2.24, 2.45) is 11.7 Å². The second-order valence-corrected chi connectivity index (χ2v) is 4.69. The molecule has 0 aliphatic heterocycles. The van der Waals surface area contributed by atoms with Gasteiger partial charge in [-0.25, -0.2) is 0 Å². The third-order valence-electron chi connectivity index (χ3n) is 3.21. The van der Waals surface area contributed by atoms with E-state index in [0.717, 1.165) is 31.7 Å². The molecule has 0 aromatic carbocycles. The zero-order chi connectivity index (χ0) is 11.1. The minimum absolute atomic E-state index is 0.0405. The first-order valence-electron chi connectivity index (χ1n) is 6.24.